The number of aromatic nitrogens is 4. The molecular weight excluding hydrogens is 388 g/mol. The quantitative estimate of drug-likeness (QED) is 0.663. The van der Waals surface area contributed by atoms with Gasteiger partial charge in [-0.2, -0.15) is 10.2 Å². The molecule has 1 N–H and O–H groups in total. The van der Waals surface area contributed by atoms with E-state index >= 15 is 0 Å². The number of nitrogens with zero attached hydrogens (tertiary/aromatic N) is 4. The van der Waals surface area contributed by atoms with Crippen LogP contribution < -0.4 is 5.32 Å². The van der Waals surface area contributed by atoms with Crippen LogP contribution in [-0.2, 0) is 17.9 Å². The summed E-state index contributed by atoms with van der Waals surface area (Å²) in [4.78, 5) is 12.3. The van der Waals surface area contributed by atoms with Crippen LogP contribution >= 0.6 is 11.6 Å². The molecular formula is C19H20ClF2N5O. The van der Waals surface area contributed by atoms with Crippen LogP contribution in [-0.4, -0.2) is 25.5 Å². The summed E-state index contributed by atoms with van der Waals surface area (Å²) in [6, 6.07) is 9.38. The summed E-state index contributed by atoms with van der Waals surface area (Å²) in [5.41, 5.74) is 3.38. The van der Waals surface area contributed by atoms with Gasteiger partial charge in [-0.25, -0.2) is 8.78 Å². The number of amides is 1. The highest BCUT2D eigenvalue weighted by Crippen LogP contribution is 2.28. The lowest BCUT2D eigenvalue weighted by molar-refractivity contribution is -0.117. The fourth-order valence-corrected chi connectivity index (χ4v) is 3.15. The van der Waals surface area contributed by atoms with E-state index in [2.05, 4.69) is 15.5 Å². The largest absolute Gasteiger partial charge is 0.324 e. The van der Waals surface area contributed by atoms with Gasteiger partial charge in [0.15, 0.2) is 0 Å². The minimum atomic E-state index is -2.79. The Kier molecular flexibility index (Phi) is 5.79. The van der Waals surface area contributed by atoms with E-state index < -0.39 is 12.1 Å². The van der Waals surface area contributed by atoms with Gasteiger partial charge in [-0.05, 0) is 44.5 Å². The maximum absolute atomic E-state index is 12.9. The van der Waals surface area contributed by atoms with E-state index in [9.17, 15) is 13.6 Å². The topological polar surface area (TPSA) is 64.7 Å². The van der Waals surface area contributed by atoms with Crippen LogP contribution in [0.1, 0.15) is 34.8 Å². The Labute approximate surface area is 166 Å². The average Bonchev–Trinajstić information content (AvgIpc) is 3.08. The van der Waals surface area contributed by atoms with Gasteiger partial charge in [-0.1, -0.05) is 23.7 Å². The van der Waals surface area contributed by atoms with Gasteiger partial charge in [0.2, 0.25) is 5.91 Å². The zero-order valence-corrected chi connectivity index (χ0v) is 16.5. The SMILES string of the molecule is Cc1cc(C)n(Cc2cccc(NC(=O)Cn3nc(C(F)F)c(Cl)c3C)c2)n1. The standard InChI is InChI=1S/C19H20ClF2N5O/c1-11-7-12(2)26(24-11)9-14-5-4-6-15(8-14)23-16(28)10-27-13(3)17(20)18(25-27)19(21)22/h4-8,19H,9-10H2,1-3H3,(H,23,28). The first kappa shape index (κ1) is 20.0. The van der Waals surface area contributed by atoms with Crippen LogP contribution in [0.3, 0.4) is 0 Å². The zero-order valence-electron chi connectivity index (χ0n) is 15.7. The third-order valence-corrected chi connectivity index (χ3v) is 4.77. The molecule has 0 aliphatic heterocycles. The molecule has 0 radical (unpaired) electrons. The van der Waals surface area contributed by atoms with Crippen molar-refractivity contribution in [3.63, 3.8) is 0 Å². The molecule has 0 aliphatic carbocycles. The van der Waals surface area contributed by atoms with E-state index in [1.807, 2.05) is 42.8 Å². The van der Waals surface area contributed by atoms with Crippen LogP contribution in [0.2, 0.25) is 5.02 Å². The van der Waals surface area contributed by atoms with Crippen molar-refractivity contribution in [1.82, 2.24) is 19.6 Å². The number of rotatable bonds is 6. The molecule has 1 amide bonds. The van der Waals surface area contributed by atoms with Crippen LogP contribution in [0.4, 0.5) is 14.5 Å². The summed E-state index contributed by atoms with van der Waals surface area (Å²) < 4.78 is 28.8. The molecule has 0 bridgehead atoms. The molecule has 0 aliphatic rings. The van der Waals surface area contributed by atoms with E-state index in [4.69, 9.17) is 11.6 Å². The number of aryl methyl sites for hydroxylation is 2. The second-order valence-corrected chi connectivity index (χ2v) is 6.95. The van der Waals surface area contributed by atoms with Gasteiger partial charge >= 0.3 is 0 Å². The lowest BCUT2D eigenvalue weighted by Crippen LogP contribution is -2.20. The van der Waals surface area contributed by atoms with Gasteiger partial charge < -0.3 is 5.32 Å². The first-order valence-electron chi connectivity index (χ1n) is 8.65. The molecule has 28 heavy (non-hydrogen) atoms. The van der Waals surface area contributed by atoms with E-state index in [-0.39, 0.29) is 17.5 Å². The van der Waals surface area contributed by atoms with Crippen LogP contribution in [0, 0.1) is 20.8 Å². The van der Waals surface area contributed by atoms with Gasteiger partial charge in [0.1, 0.15) is 12.2 Å². The van der Waals surface area contributed by atoms with Crippen LogP contribution in [0.5, 0.6) is 0 Å². The van der Waals surface area contributed by atoms with Crippen molar-refractivity contribution in [1.29, 1.82) is 0 Å². The van der Waals surface area contributed by atoms with Crippen molar-refractivity contribution < 1.29 is 13.6 Å². The summed E-state index contributed by atoms with van der Waals surface area (Å²) in [6.07, 6.45) is -2.79. The monoisotopic (exact) mass is 407 g/mol. The highest BCUT2D eigenvalue weighted by atomic mass is 35.5. The molecule has 6 nitrogen and oxygen atoms in total. The number of anilines is 1. The first-order valence-corrected chi connectivity index (χ1v) is 9.03. The molecule has 0 unspecified atom stereocenters. The highest BCUT2D eigenvalue weighted by Gasteiger charge is 2.21. The fourth-order valence-electron chi connectivity index (χ4n) is 2.93. The maximum Gasteiger partial charge on any atom is 0.283 e. The molecule has 2 heterocycles. The molecule has 9 heteroatoms. The van der Waals surface area contributed by atoms with Gasteiger partial charge in [0.05, 0.1) is 23.0 Å². The Balaban J connectivity index is 1.69. The molecule has 3 aromatic rings. The number of carbonyl (C=O) groups is 1. The van der Waals surface area contributed by atoms with E-state index in [1.54, 1.807) is 13.0 Å². The molecule has 0 saturated heterocycles. The molecule has 0 saturated carbocycles. The number of hydrogen-bond acceptors (Lipinski definition) is 3. The van der Waals surface area contributed by atoms with Gasteiger partial charge in [0, 0.05) is 11.4 Å². The highest BCUT2D eigenvalue weighted by molar-refractivity contribution is 6.31. The Morgan fingerprint density at radius 3 is 2.54 bits per heavy atom. The Morgan fingerprint density at radius 2 is 1.93 bits per heavy atom. The molecule has 0 fully saturated rings. The number of halogens is 3. The third-order valence-electron chi connectivity index (χ3n) is 4.30. The molecule has 2 aromatic heterocycles. The minimum absolute atomic E-state index is 0.116. The fraction of sp³-hybridized carbons (Fsp3) is 0.316. The molecule has 0 atom stereocenters. The van der Waals surface area contributed by atoms with Crippen LogP contribution in [0.15, 0.2) is 30.3 Å². The second kappa shape index (κ2) is 8.10. The normalized spacial score (nSPS) is 11.2. The lowest BCUT2D eigenvalue weighted by atomic mass is 10.2. The lowest BCUT2D eigenvalue weighted by Gasteiger charge is -2.09. The molecule has 0 spiro atoms. The number of hydrogen-bond donors (Lipinski definition) is 1. The Bertz CT molecular complexity index is 1010. The smallest absolute Gasteiger partial charge is 0.283 e. The Morgan fingerprint density at radius 1 is 1.18 bits per heavy atom. The first-order chi connectivity index (χ1) is 13.2. The summed E-state index contributed by atoms with van der Waals surface area (Å²) in [6.45, 7) is 5.83. The van der Waals surface area contributed by atoms with E-state index in [0.717, 1.165) is 17.0 Å². The predicted octanol–water partition coefficient (Wildman–Crippen LogP) is 4.28. The zero-order chi connectivity index (χ0) is 20.4. The minimum Gasteiger partial charge on any atom is -0.324 e. The summed E-state index contributed by atoms with van der Waals surface area (Å²) in [7, 11) is 0. The summed E-state index contributed by atoms with van der Waals surface area (Å²) >= 11 is 5.86. The molecule has 1 aromatic carbocycles. The van der Waals surface area contributed by atoms with Crippen molar-refractivity contribution in [3.05, 3.63) is 63.7 Å². The summed E-state index contributed by atoms with van der Waals surface area (Å²) in [5, 5.41) is 10.8. The number of alkyl halides is 2. The van der Waals surface area contributed by atoms with Crippen LogP contribution in [0.25, 0.3) is 0 Å². The van der Waals surface area contributed by atoms with Crippen molar-refractivity contribution in [2.75, 3.05) is 5.32 Å². The van der Waals surface area contributed by atoms with Gasteiger partial charge in [-0.15, -0.1) is 0 Å². The van der Waals surface area contributed by atoms with Crippen molar-refractivity contribution in [2.24, 2.45) is 0 Å². The van der Waals surface area contributed by atoms with Gasteiger partial charge in [-0.3, -0.25) is 14.2 Å². The second-order valence-electron chi connectivity index (χ2n) is 6.58. The van der Waals surface area contributed by atoms with Gasteiger partial charge in [0.25, 0.3) is 6.43 Å². The number of carbonyl (C=O) groups excluding carboxylic acids is 1. The maximum atomic E-state index is 12.9. The summed E-state index contributed by atoms with van der Waals surface area (Å²) in [5.74, 6) is -0.383. The van der Waals surface area contributed by atoms with Crippen molar-refractivity contribution >= 4 is 23.2 Å². The van der Waals surface area contributed by atoms with Crippen molar-refractivity contribution in [2.45, 2.75) is 40.3 Å². The third kappa shape index (κ3) is 4.39. The molecule has 148 valence electrons. The van der Waals surface area contributed by atoms with E-state index in [1.165, 1.54) is 4.68 Å². The van der Waals surface area contributed by atoms with Crippen molar-refractivity contribution in [3.8, 4) is 0 Å². The average molecular weight is 408 g/mol. The predicted molar refractivity (Wildman–Crippen MR) is 103 cm³/mol. The number of nitrogens with one attached hydrogen (secondary N) is 1. The van der Waals surface area contributed by atoms with E-state index in [0.29, 0.717) is 17.9 Å². The number of benzene rings is 1. The Hall–Kier alpha value is -2.74. The molecule has 3 rings (SSSR count).